The predicted octanol–water partition coefficient (Wildman–Crippen LogP) is 7.23. The van der Waals surface area contributed by atoms with Crippen molar-refractivity contribution in [1.82, 2.24) is 5.32 Å². The minimum absolute atomic E-state index is 0.0524. The van der Waals surface area contributed by atoms with Crippen LogP contribution in [-0.2, 0) is 41.1 Å². The first kappa shape index (κ1) is 30.1. The second kappa shape index (κ2) is 12.2. The standard InChI is InChI=1S/C27H30F6N2O4/c1-4-9-35(25(37)39-5-2)23-14-18-8-6-7-17(18)13-21(23)22(34-24(36)38-3)12-16-10-19(26(28,29)30)15-20(11-16)27(31,32)33/h10-11,13-15,22H,4-9,12H2,1-3H3,(H,34,36). The van der Waals surface area contributed by atoms with Gasteiger partial charge in [-0.3, -0.25) is 4.90 Å². The van der Waals surface area contributed by atoms with Crippen molar-refractivity contribution in [3.63, 3.8) is 0 Å². The minimum atomic E-state index is -5.03. The van der Waals surface area contributed by atoms with Crippen molar-refractivity contribution in [2.24, 2.45) is 0 Å². The molecule has 0 saturated carbocycles. The van der Waals surface area contributed by atoms with E-state index in [-0.39, 0.29) is 24.8 Å². The molecule has 1 atom stereocenters. The number of carbonyl (C=O) groups is 2. The van der Waals surface area contributed by atoms with Gasteiger partial charge in [0.1, 0.15) is 0 Å². The van der Waals surface area contributed by atoms with Crippen molar-refractivity contribution in [2.45, 2.75) is 64.3 Å². The summed E-state index contributed by atoms with van der Waals surface area (Å²) >= 11 is 0. The fourth-order valence-corrected chi connectivity index (χ4v) is 4.69. The Kier molecular flexibility index (Phi) is 9.39. The lowest BCUT2D eigenvalue weighted by Gasteiger charge is -2.29. The average molecular weight is 561 g/mol. The second-order valence-corrected chi connectivity index (χ2v) is 9.19. The fourth-order valence-electron chi connectivity index (χ4n) is 4.69. The molecule has 1 unspecified atom stereocenters. The summed E-state index contributed by atoms with van der Waals surface area (Å²) in [7, 11) is 1.09. The second-order valence-electron chi connectivity index (χ2n) is 9.19. The first-order chi connectivity index (χ1) is 18.3. The molecule has 12 heteroatoms. The van der Waals surface area contributed by atoms with Crippen LogP contribution in [0.15, 0.2) is 30.3 Å². The van der Waals surface area contributed by atoms with E-state index < -0.39 is 48.1 Å². The summed E-state index contributed by atoms with van der Waals surface area (Å²) in [6.45, 7) is 3.80. The van der Waals surface area contributed by atoms with Crippen LogP contribution in [0.2, 0.25) is 0 Å². The summed E-state index contributed by atoms with van der Waals surface area (Å²) in [4.78, 5) is 26.6. The number of rotatable bonds is 8. The van der Waals surface area contributed by atoms with Gasteiger partial charge >= 0.3 is 24.5 Å². The van der Waals surface area contributed by atoms with Gasteiger partial charge < -0.3 is 14.8 Å². The molecule has 0 bridgehead atoms. The molecule has 2 aromatic carbocycles. The van der Waals surface area contributed by atoms with Crippen molar-refractivity contribution in [3.8, 4) is 0 Å². The van der Waals surface area contributed by atoms with Crippen LogP contribution in [0.5, 0.6) is 0 Å². The van der Waals surface area contributed by atoms with Crippen molar-refractivity contribution < 1.29 is 45.4 Å². The summed E-state index contributed by atoms with van der Waals surface area (Å²) in [5.74, 6) is 0. The lowest BCUT2D eigenvalue weighted by atomic mass is 9.92. The minimum Gasteiger partial charge on any atom is -0.453 e. The summed E-state index contributed by atoms with van der Waals surface area (Å²) in [6, 6.07) is 3.71. The summed E-state index contributed by atoms with van der Waals surface area (Å²) in [5, 5.41) is 2.54. The van der Waals surface area contributed by atoms with Crippen molar-refractivity contribution in [2.75, 3.05) is 25.2 Å². The number of hydrogen-bond acceptors (Lipinski definition) is 4. The van der Waals surface area contributed by atoms with Crippen LogP contribution in [0.1, 0.15) is 66.1 Å². The largest absolute Gasteiger partial charge is 0.453 e. The highest BCUT2D eigenvalue weighted by Gasteiger charge is 2.37. The van der Waals surface area contributed by atoms with E-state index in [9.17, 15) is 35.9 Å². The van der Waals surface area contributed by atoms with Gasteiger partial charge in [-0.15, -0.1) is 0 Å². The van der Waals surface area contributed by atoms with Crippen LogP contribution < -0.4 is 10.2 Å². The van der Waals surface area contributed by atoms with Gasteiger partial charge in [0.15, 0.2) is 0 Å². The van der Waals surface area contributed by atoms with E-state index in [1.54, 1.807) is 19.1 Å². The van der Waals surface area contributed by atoms with E-state index in [0.717, 1.165) is 31.1 Å². The van der Waals surface area contributed by atoms with Gasteiger partial charge in [0.05, 0.1) is 36.6 Å². The number of halogens is 6. The number of nitrogens with zero attached hydrogens (tertiary/aromatic N) is 1. The third-order valence-corrected chi connectivity index (χ3v) is 6.41. The monoisotopic (exact) mass is 560 g/mol. The predicted molar refractivity (Wildman–Crippen MR) is 132 cm³/mol. The number of hydrogen-bond donors (Lipinski definition) is 1. The van der Waals surface area contributed by atoms with Gasteiger partial charge in [-0.1, -0.05) is 13.0 Å². The Labute approximate surface area is 222 Å². The number of fused-ring (bicyclic) bond motifs is 1. The van der Waals surface area contributed by atoms with Gasteiger partial charge in [-0.05, 0) is 85.5 Å². The SMILES string of the molecule is CCCN(C(=O)OCC)c1cc2c(cc1C(Cc1cc(C(F)(F)F)cc(C(F)(F)F)c1)NC(=O)OC)CCC2. The van der Waals surface area contributed by atoms with Gasteiger partial charge in [0, 0.05) is 6.54 Å². The molecule has 1 aliphatic carbocycles. The van der Waals surface area contributed by atoms with E-state index in [1.165, 1.54) is 4.90 Å². The van der Waals surface area contributed by atoms with Gasteiger partial charge in [0.2, 0.25) is 0 Å². The van der Waals surface area contributed by atoms with E-state index in [2.05, 4.69) is 5.32 Å². The van der Waals surface area contributed by atoms with Gasteiger partial charge in [-0.25, -0.2) is 9.59 Å². The smallest absolute Gasteiger partial charge is 0.416 e. The molecule has 214 valence electrons. The Balaban J connectivity index is 2.20. The Morgan fingerprint density at radius 1 is 0.949 bits per heavy atom. The molecule has 0 aromatic heterocycles. The zero-order valence-corrected chi connectivity index (χ0v) is 21.8. The summed E-state index contributed by atoms with van der Waals surface area (Å²) in [6.07, 6.45) is -9.27. The molecule has 2 aromatic rings. The molecule has 2 amide bonds. The Bertz CT molecular complexity index is 1160. The maximum Gasteiger partial charge on any atom is 0.416 e. The number of benzene rings is 2. The first-order valence-electron chi connectivity index (χ1n) is 12.5. The average Bonchev–Trinajstić information content (AvgIpc) is 3.32. The van der Waals surface area contributed by atoms with Crippen molar-refractivity contribution >= 4 is 17.9 Å². The molecule has 1 N–H and O–H groups in total. The number of alkyl halides is 6. The number of anilines is 1. The zero-order valence-electron chi connectivity index (χ0n) is 21.8. The molecule has 0 spiro atoms. The van der Waals surface area contributed by atoms with Crippen LogP contribution in [0.25, 0.3) is 0 Å². The zero-order chi connectivity index (χ0) is 29.0. The number of alkyl carbamates (subject to hydrolysis) is 1. The maximum atomic E-state index is 13.5. The molecule has 0 aliphatic heterocycles. The number of nitrogens with one attached hydrogen (secondary N) is 1. The van der Waals surface area contributed by atoms with Gasteiger partial charge in [-0.2, -0.15) is 26.3 Å². The highest BCUT2D eigenvalue weighted by atomic mass is 19.4. The molecule has 0 fully saturated rings. The highest BCUT2D eigenvalue weighted by Crippen LogP contribution is 2.39. The van der Waals surface area contributed by atoms with Crippen LogP contribution in [0.3, 0.4) is 0 Å². The van der Waals surface area contributed by atoms with Crippen molar-refractivity contribution in [3.05, 3.63) is 63.7 Å². The molecule has 1 aliphatic rings. The van der Waals surface area contributed by atoms with E-state index in [0.29, 0.717) is 36.2 Å². The van der Waals surface area contributed by atoms with Crippen LogP contribution in [0, 0.1) is 0 Å². The molecule has 3 rings (SSSR count). The fraction of sp³-hybridized carbons (Fsp3) is 0.481. The normalized spacial score (nSPS) is 14.0. The van der Waals surface area contributed by atoms with Gasteiger partial charge in [0.25, 0.3) is 0 Å². The third-order valence-electron chi connectivity index (χ3n) is 6.41. The van der Waals surface area contributed by atoms with Crippen LogP contribution in [0.4, 0.5) is 41.6 Å². The highest BCUT2D eigenvalue weighted by molar-refractivity contribution is 5.89. The molecule has 39 heavy (non-hydrogen) atoms. The Morgan fingerprint density at radius 2 is 1.54 bits per heavy atom. The first-order valence-corrected chi connectivity index (χ1v) is 12.5. The van der Waals surface area contributed by atoms with E-state index in [4.69, 9.17) is 9.47 Å². The summed E-state index contributed by atoms with van der Waals surface area (Å²) < 4.78 is 91.0. The number of ether oxygens (including phenoxy) is 2. The van der Waals surface area contributed by atoms with Crippen molar-refractivity contribution in [1.29, 1.82) is 0 Å². The van der Waals surface area contributed by atoms with Crippen LogP contribution in [-0.4, -0.2) is 32.4 Å². The topological polar surface area (TPSA) is 67.9 Å². The number of aryl methyl sites for hydroxylation is 2. The third kappa shape index (κ3) is 7.36. The number of carbonyl (C=O) groups excluding carboxylic acids is 2. The van der Waals surface area contributed by atoms with Crippen LogP contribution >= 0.6 is 0 Å². The number of amides is 2. The molecule has 0 heterocycles. The maximum absolute atomic E-state index is 13.5. The lowest BCUT2D eigenvalue weighted by Crippen LogP contribution is -2.36. The van der Waals surface area contributed by atoms with E-state index in [1.807, 2.05) is 6.92 Å². The Hall–Kier alpha value is -3.44. The molecular formula is C27H30F6N2O4. The molecule has 0 saturated heterocycles. The number of methoxy groups -OCH3 is 1. The molecule has 6 nitrogen and oxygen atoms in total. The molecular weight excluding hydrogens is 530 g/mol. The lowest BCUT2D eigenvalue weighted by molar-refractivity contribution is -0.143. The quantitative estimate of drug-likeness (QED) is 0.346. The summed E-state index contributed by atoms with van der Waals surface area (Å²) in [5.41, 5.74) is -0.618. The molecule has 0 radical (unpaired) electrons. The van der Waals surface area contributed by atoms with E-state index >= 15 is 0 Å². The Morgan fingerprint density at radius 3 is 2.05 bits per heavy atom.